The van der Waals surface area contributed by atoms with E-state index in [1.54, 1.807) is 0 Å². The predicted octanol–water partition coefficient (Wildman–Crippen LogP) is 5.03. The van der Waals surface area contributed by atoms with E-state index in [4.69, 9.17) is 0 Å². The summed E-state index contributed by atoms with van der Waals surface area (Å²) in [6.45, 7) is 12.1. The maximum absolute atomic E-state index is 2.44. The highest BCUT2D eigenvalue weighted by atomic mass is 14.3. The van der Waals surface area contributed by atoms with E-state index in [9.17, 15) is 0 Å². The molecule has 0 nitrogen and oxygen atoms in total. The minimum atomic E-state index is 0.521. The quantitative estimate of drug-likeness (QED) is 0.510. The van der Waals surface area contributed by atoms with Crippen LogP contribution in [0.2, 0.25) is 0 Å². The van der Waals surface area contributed by atoms with Gasteiger partial charge in [-0.05, 0) is 42.4 Å². The molecule has 0 aliphatic heterocycles. The largest absolute Gasteiger partial charge is 0.0599 e. The van der Waals surface area contributed by atoms with Crippen molar-refractivity contribution in [3.63, 3.8) is 0 Å². The molecule has 1 saturated carbocycles. The van der Waals surface area contributed by atoms with Crippen molar-refractivity contribution < 1.29 is 0 Å². The lowest BCUT2D eigenvalue weighted by Crippen LogP contribution is -2.25. The van der Waals surface area contributed by atoms with Crippen LogP contribution >= 0.6 is 0 Å². The van der Waals surface area contributed by atoms with Gasteiger partial charge >= 0.3 is 0 Å². The van der Waals surface area contributed by atoms with E-state index in [2.05, 4.69) is 34.6 Å². The van der Waals surface area contributed by atoms with Crippen molar-refractivity contribution in [3.8, 4) is 0 Å². The molecule has 0 aromatic carbocycles. The molecule has 1 rings (SSSR count). The van der Waals surface area contributed by atoms with Crippen molar-refractivity contribution in [2.45, 2.75) is 73.1 Å². The molecule has 84 valence electrons. The molecule has 0 N–H and O–H groups in total. The average molecular weight is 196 g/mol. The summed E-state index contributed by atoms with van der Waals surface area (Å²) in [7, 11) is 0. The van der Waals surface area contributed by atoms with E-state index in [1.165, 1.54) is 38.5 Å². The summed E-state index contributed by atoms with van der Waals surface area (Å²) >= 11 is 0. The van der Waals surface area contributed by atoms with Crippen LogP contribution in [0.4, 0.5) is 0 Å². The maximum Gasteiger partial charge on any atom is -0.0354 e. The Bertz CT molecular complexity index is 168. The van der Waals surface area contributed by atoms with Crippen molar-refractivity contribution in [3.05, 3.63) is 0 Å². The molecule has 1 aliphatic carbocycles. The zero-order valence-electron chi connectivity index (χ0n) is 10.8. The molecular weight excluding hydrogens is 168 g/mol. The van der Waals surface area contributed by atoms with Gasteiger partial charge in [0.05, 0.1) is 0 Å². The molecule has 0 heteroatoms. The molecule has 0 saturated heterocycles. The lowest BCUT2D eigenvalue weighted by atomic mass is 9.69. The highest BCUT2D eigenvalue weighted by Crippen LogP contribution is 2.41. The average Bonchev–Trinajstić information content (AvgIpc) is 1.96. The predicted molar refractivity (Wildman–Crippen MR) is 64.4 cm³/mol. The molecule has 1 fully saturated rings. The summed E-state index contributed by atoms with van der Waals surface area (Å²) in [6.07, 6.45) is 8.65. The third-order valence-corrected chi connectivity index (χ3v) is 4.05. The smallest absolute Gasteiger partial charge is 0.0354 e. The molecule has 1 atom stereocenters. The molecule has 0 spiro atoms. The standard InChI is InChI=1S/C14H28/c1-13(2,3)12-8-6-7-10-14(4,5)11-9-12/h12H,6-11H2,1-5H3. The molecule has 0 aromatic heterocycles. The van der Waals surface area contributed by atoms with Gasteiger partial charge in [0.1, 0.15) is 0 Å². The van der Waals surface area contributed by atoms with Gasteiger partial charge in [-0.3, -0.25) is 0 Å². The van der Waals surface area contributed by atoms with Crippen molar-refractivity contribution in [2.24, 2.45) is 16.7 Å². The lowest BCUT2D eigenvalue weighted by Gasteiger charge is -2.36. The fourth-order valence-electron chi connectivity index (χ4n) is 2.69. The van der Waals surface area contributed by atoms with Crippen LogP contribution in [0.3, 0.4) is 0 Å². The highest BCUT2D eigenvalue weighted by molar-refractivity contribution is 4.80. The molecule has 1 aliphatic rings. The lowest BCUT2D eigenvalue weighted by molar-refractivity contribution is 0.150. The maximum atomic E-state index is 2.44. The van der Waals surface area contributed by atoms with Crippen LogP contribution in [0.25, 0.3) is 0 Å². The number of hydrogen-bond donors (Lipinski definition) is 0. The molecule has 0 heterocycles. The van der Waals surface area contributed by atoms with Crippen molar-refractivity contribution in [1.29, 1.82) is 0 Å². The zero-order valence-corrected chi connectivity index (χ0v) is 10.8. The van der Waals surface area contributed by atoms with Crippen LogP contribution < -0.4 is 0 Å². The summed E-state index contributed by atoms with van der Waals surface area (Å²) in [5, 5.41) is 0. The van der Waals surface area contributed by atoms with Gasteiger partial charge in [0.15, 0.2) is 0 Å². The van der Waals surface area contributed by atoms with Crippen LogP contribution in [0.5, 0.6) is 0 Å². The van der Waals surface area contributed by atoms with Gasteiger partial charge in [-0.1, -0.05) is 47.5 Å². The first-order chi connectivity index (χ1) is 6.31. The van der Waals surface area contributed by atoms with Crippen molar-refractivity contribution in [2.75, 3.05) is 0 Å². The Morgan fingerprint density at radius 2 is 1.57 bits per heavy atom. The van der Waals surface area contributed by atoms with E-state index in [-0.39, 0.29) is 0 Å². The first kappa shape index (κ1) is 12.1. The first-order valence-electron chi connectivity index (χ1n) is 6.31. The highest BCUT2D eigenvalue weighted by Gasteiger charge is 2.28. The van der Waals surface area contributed by atoms with Gasteiger partial charge in [0.25, 0.3) is 0 Å². The molecular formula is C14H28. The van der Waals surface area contributed by atoms with E-state index >= 15 is 0 Å². The second-order valence-electron chi connectivity index (χ2n) is 7.01. The van der Waals surface area contributed by atoms with Gasteiger partial charge in [0, 0.05) is 0 Å². The normalized spacial score (nSPS) is 29.4. The summed E-state index contributed by atoms with van der Waals surface area (Å²) in [4.78, 5) is 0. The Balaban J connectivity index is 2.56. The Labute approximate surface area is 90.5 Å². The molecule has 0 amide bonds. The minimum absolute atomic E-state index is 0.521. The number of rotatable bonds is 0. The molecule has 0 aromatic rings. The second kappa shape index (κ2) is 4.24. The molecule has 14 heavy (non-hydrogen) atoms. The summed E-state index contributed by atoms with van der Waals surface area (Å²) in [6, 6.07) is 0. The summed E-state index contributed by atoms with van der Waals surface area (Å²) in [5.41, 5.74) is 1.12. The van der Waals surface area contributed by atoms with Gasteiger partial charge in [-0.2, -0.15) is 0 Å². The monoisotopic (exact) mass is 196 g/mol. The van der Waals surface area contributed by atoms with Crippen LogP contribution in [0.1, 0.15) is 73.1 Å². The van der Waals surface area contributed by atoms with E-state index in [0.29, 0.717) is 10.8 Å². The van der Waals surface area contributed by atoms with Crippen LogP contribution in [-0.4, -0.2) is 0 Å². The number of hydrogen-bond acceptors (Lipinski definition) is 0. The molecule has 0 radical (unpaired) electrons. The first-order valence-corrected chi connectivity index (χ1v) is 6.31. The third-order valence-electron chi connectivity index (χ3n) is 4.05. The summed E-state index contributed by atoms with van der Waals surface area (Å²) in [5.74, 6) is 0.946. The fourth-order valence-corrected chi connectivity index (χ4v) is 2.69. The fraction of sp³-hybridized carbons (Fsp3) is 1.00. The second-order valence-corrected chi connectivity index (χ2v) is 7.01. The third kappa shape index (κ3) is 3.63. The summed E-state index contributed by atoms with van der Waals surface area (Å²) < 4.78 is 0. The zero-order chi connectivity index (χ0) is 10.8. The minimum Gasteiger partial charge on any atom is -0.0599 e. The Hall–Kier alpha value is 0. The van der Waals surface area contributed by atoms with Crippen molar-refractivity contribution >= 4 is 0 Å². The van der Waals surface area contributed by atoms with E-state index in [1.807, 2.05) is 0 Å². The SMILES string of the molecule is CC1(C)CCCCC(C(C)(C)C)CC1. The van der Waals surface area contributed by atoms with Crippen LogP contribution in [-0.2, 0) is 0 Å². The van der Waals surface area contributed by atoms with Gasteiger partial charge in [0.2, 0.25) is 0 Å². The van der Waals surface area contributed by atoms with Gasteiger partial charge in [-0.25, -0.2) is 0 Å². The Morgan fingerprint density at radius 1 is 0.929 bits per heavy atom. The molecule has 0 bridgehead atoms. The van der Waals surface area contributed by atoms with E-state index < -0.39 is 0 Å². The molecule has 1 unspecified atom stereocenters. The topological polar surface area (TPSA) is 0 Å². The van der Waals surface area contributed by atoms with Crippen molar-refractivity contribution in [1.82, 2.24) is 0 Å². The van der Waals surface area contributed by atoms with E-state index in [0.717, 1.165) is 5.92 Å². The van der Waals surface area contributed by atoms with Crippen LogP contribution in [0, 0.1) is 16.7 Å². The Morgan fingerprint density at radius 3 is 2.14 bits per heavy atom. The Kier molecular flexibility index (Phi) is 3.66. The van der Waals surface area contributed by atoms with Gasteiger partial charge < -0.3 is 0 Å². The van der Waals surface area contributed by atoms with Crippen LogP contribution in [0.15, 0.2) is 0 Å². The van der Waals surface area contributed by atoms with Gasteiger partial charge in [-0.15, -0.1) is 0 Å².